The number of nitrogens with zero attached hydrogens (tertiary/aromatic N) is 1. The summed E-state index contributed by atoms with van der Waals surface area (Å²) in [6.07, 6.45) is -3.96. The molecule has 3 aromatic rings. The van der Waals surface area contributed by atoms with Crippen molar-refractivity contribution in [1.82, 2.24) is 9.55 Å². The largest absolute Gasteiger partial charge is 0.459 e. The maximum Gasteiger partial charge on any atom is 0.338 e. The first-order valence-electron chi connectivity index (χ1n) is 10.1. The summed E-state index contributed by atoms with van der Waals surface area (Å²) >= 11 is 0. The highest BCUT2D eigenvalue weighted by molar-refractivity contribution is 5.90. The molecule has 2 aromatic carbocycles. The summed E-state index contributed by atoms with van der Waals surface area (Å²) in [6.45, 7) is -0.355. The minimum Gasteiger partial charge on any atom is -0.459 e. The third-order valence-electron chi connectivity index (χ3n) is 5.08. The lowest BCUT2D eigenvalue weighted by Crippen LogP contribution is -2.40. The molecule has 1 unspecified atom stereocenters. The van der Waals surface area contributed by atoms with Crippen LogP contribution in [0.2, 0.25) is 0 Å². The number of nitrogens with one attached hydrogen (secondary N) is 1. The first-order valence-corrected chi connectivity index (χ1v) is 10.1. The van der Waals surface area contributed by atoms with Gasteiger partial charge in [0.1, 0.15) is 18.8 Å². The Hall–Kier alpha value is -4.02. The van der Waals surface area contributed by atoms with Crippen molar-refractivity contribution in [3.05, 3.63) is 105 Å². The molecule has 0 spiro atoms. The van der Waals surface area contributed by atoms with Crippen molar-refractivity contribution in [3.63, 3.8) is 0 Å². The van der Waals surface area contributed by atoms with E-state index in [1.165, 1.54) is 0 Å². The Morgan fingerprint density at radius 3 is 2.15 bits per heavy atom. The minimum atomic E-state index is -1.48. The Bertz CT molecular complexity index is 1240. The smallest absolute Gasteiger partial charge is 0.338 e. The second-order valence-corrected chi connectivity index (χ2v) is 7.27. The molecule has 0 aliphatic carbocycles. The lowest BCUT2D eigenvalue weighted by atomic mass is 10.1. The summed E-state index contributed by atoms with van der Waals surface area (Å²) in [5, 5.41) is 10.8. The first kappa shape index (κ1) is 22.2. The van der Waals surface area contributed by atoms with E-state index in [0.717, 1.165) is 16.8 Å². The highest BCUT2D eigenvalue weighted by atomic mass is 16.6. The van der Waals surface area contributed by atoms with Crippen molar-refractivity contribution < 1.29 is 28.9 Å². The van der Waals surface area contributed by atoms with Crippen LogP contribution in [0.3, 0.4) is 0 Å². The number of carbonyl (C=O) groups is 2. The summed E-state index contributed by atoms with van der Waals surface area (Å²) in [6, 6.07) is 17.5. The molecule has 1 fully saturated rings. The van der Waals surface area contributed by atoms with Crippen molar-refractivity contribution in [2.24, 2.45) is 0 Å². The number of aliphatic hydroxyl groups excluding tert-OH is 1. The van der Waals surface area contributed by atoms with Gasteiger partial charge in [0.15, 0.2) is 12.3 Å². The van der Waals surface area contributed by atoms with Crippen molar-refractivity contribution in [1.29, 1.82) is 0 Å². The number of hydrogen-bond donors (Lipinski definition) is 2. The predicted molar refractivity (Wildman–Crippen MR) is 114 cm³/mol. The maximum absolute atomic E-state index is 12.6. The van der Waals surface area contributed by atoms with Gasteiger partial charge in [-0.2, -0.15) is 0 Å². The molecule has 2 N–H and O–H groups in total. The van der Waals surface area contributed by atoms with E-state index < -0.39 is 47.7 Å². The van der Waals surface area contributed by atoms with Gasteiger partial charge in [0.25, 0.3) is 5.56 Å². The Balaban J connectivity index is 1.56. The van der Waals surface area contributed by atoms with Gasteiger partial charge >= 0.3 is 17.6 Å². The topological polar surface area (TPSA) is 137 Å². The summed E-state index contributed by atoms with van der Waals surface area (Å²) in [4.78, 5) is 50.6. The predicted octanol–water partition coefficient (Wildman–Crippen LogP) is 0.878. The van der Waals surface area contributed by atoms with Gasteiger partial charge in [-0.05, 0) is 24.3 Å². The van der Waals surface area contributed by atoms with Gasteiger partial charge in [-0.1, -0.05) is 36.4 Å². The molecule has 0 bridgehead atoms. The lowest BCUT2D eigenvalue weighted by Gasteiger charge is -2.20. The molecule has 1 aliphatic rings. The maximum atomic E-state index is 12.6. The van der Waals surface area contributed by atoms with Gasteiger partial charge < -0.3 is 19.3 Å². The fraction of sp³-hybridized carbons (Fsp3) is 0.217. The normalized spacial score (nSPS) is 22.0. The van der Waals surface area contributed by atoms with E-state index >= 15 is 0 Å². The van der Waals surface area contributed by atoms with Crippen LogP contribution in [0.15, 0.2) is 82.5 Å². The van der Waals surface area contributed by atoms with E-state index in [0.29, 0.717) is 5.56 Å². The highest BCUT2D eigenvalue weighted by Gasteiger charge is 2.48. The van der Waals surface area contributed by atoms with Crippen molar-refractivity contribution in [2.45, 2.75) is 24.5 Å². The summed E-state index contributed by atoms with van der Waals surface area (Å²) in [5.41, 5.74) is -0.887. The van der Waals surface area contributed by atoms with Crippen LogP contribution in [0, 0.1) is 0 Å². The molecule has 1 aromatic heterocycles. The summed E-state index contributed by atoms with van der Waals surface area (Å²) in [7, 11) is 0. The molecule has 33 heavy (non-hydrogen) atoms. The van der Waals surface area contributed by atoms with E-state index in [-0.39, 0.29) is 12.2 Å². The zero-order chi connectivity index (χ0) is 23.4. The molecule has 170 valence electrons. The van der Waals surface area contributed by atoms with Crippen LogP contribution in [0.4, 0.5) is 0 Å². The van der Waals surface area contributed by atoms with E-state index in [1.54, 1.807) is 60.7 Å². The number of rotatable bonds is 6. The van der Waals surface area contributed by atoms with Gasteiger partial charge in [-0.3, -0.25) is 14.3 Å². The standard InChI is InChI=1S/C23H20N2O8/c26-17-11-12-25(23(30)24-17)20-18(27)19(33-22(29)15-9-5-2-6-10-15)16(32-20)13-31-21(28)14-7-3-1-4-8-14/h1-12,16,18-20,27H,13H2,(H,24,26,30)/t16-,18-,19-,20?/m1/s1. The number of aromatic nitrogens is 2. The van der Waals surface area contributed by atoms with Crippen LogP contribution in [0.5, 0.6) is 0 Å². The van der Waals surface area contributed by atoms with Crippen molar-refractivity contribution in [3.8, 4) is 0 Å². The second kappa shape index (κ2) is 9.63. The van der Waals surface area contributed by atoms with Crippen LogP contribution in [-0.4, -0.2) is 51.5 Å². The zero-order valence-corrected chi connectivity index (χ0v) is 17.2. The molecule has 4 atom stereocenters. The fourth-order valence-electron chi connectivity index (χ4n) is 3.44. The number of hydrogen-bond acceptors (Lipinski definition) is 8. The summed E-state index contributed by atoms with van der Waals surface area (Å²) in [5.74, 6) is -1.36. The van der Waals surface area contributed by atoms with Gasteiger partial charge in [-0.15, -0.1) is 0 Å². The monoisotopic (exact) mass is 452 g/mol. The number of aromatic amines is 1. The van der Waals surface area contributed by atoms with E-state index in [2.05, 4.69) is 4.98 Å². The Morgan fingerprint density at radius 2 is 1.55 bits per heavy atom. The third kappa shape index (κ3) is 4.92. The molecular weight excluding hydrogens is 432 g/mol. The molecule has 1 saturated heterocycles. The molecule has 10 heteroatoms. The number of esters is 2. The molecule has 1 aliphatic heterocycles. The first-order chi connectivity index (χ1) is 15.9. The van der Waals surface area contributed by atoms with E-state index in [4.69, 9.17) is 14.2 Å². The van der Waals surface area contributed by atoms with Gasteiger partial charge in [0, 0.05) is 12.3 Å². The molecular formula is C23H20N2O8. The van der Waals surface area contributed by atoms with E-state index in [9.17, 15) is 24.3 Å². The average molecular weight is 452 g/mol. The molecule has 10 nitrogen and oxygen atoms in total. The van der Waals surface area contributed by atoms with Crippen molar-refractivity contribution >= 4 is 11.9 Å². The van der Waals surface area contributed by atoms with Crippen LogP contribution in [0.25, 0.3) is 0 Å². The number of H-pyrrole nitrogens is 1. The molecule has 4 rings (SSSR count). The number of aliphatic hydroxyl groups is 1. The quantitative estimate of drug-likeness (QED) is 0.526. The molecule has 0 radical (unpaired) electrons. The van der Waals surface area contributed by atoms with Crippen molar-refractivity contribution in [2.75, 3.05) is 6.61 Å². The number of ether oxygens (including phenoxy) is 3. The Morgan fingerprint density at radius 1 is 0.939 bits per heavy atom. The van der Waals surface area contributed by atoms with Gasteiger partial charge in [0.2, 0.25) is 0 Å². The minimum absolute atomic E-state index is 0.245. The number of benzene rings is 2. The number of carbonyl (C=O) groups excluding carboxylic acids is 2. The van der Waals surface area contributed by atoms with Crippen LogP contribution >= 0.6 is 0 Å². The highest BCUT2D eigenvalue weighted by Crippen LogP contribution is 2.31. The van der Waals surface area contributed by atoms with Crippen LogP contribution in [0.1, 0.15) is 26.9 Å². The lowest BCUT2D eigenvalue weighted by molar-refractivity contribution is -0.0614. The SMILES string of the molecule is O=C(OC[C@H]1OC(n2ccc(=O)[nH]c2=O)[C@H](O)[C@@H]1OC(=O)c1ccccc1)c1ccccc1. The third-order valence-corrected chi connectivity index (χ3v) is 5.08. The average Bonchev–Trinajstić information content (AvgIpc) is 3.13. The molecule has 0 amide bonds. The van der Waals surface area contributed by atoms with Gasteiger partial charge in [-0.25, -0.2) is 14.4 Å². The fourth-order valence-corrected chi connectivity index (χ4v) is 3.44. The second-order valence-electron chi connectivity index (χ2n) is 7.27. The van der Waals surface area contributed by atoms with Crippen LogP contribution < -0.4 is 11.2 Å². The molecule has 0 saturated carbocycles. The zero-order valence-electron chi connectivity index (χ0n) is 17.2. The van der Waals surface area contributed by atoms with Crippen LogP contribution in [-0.2, 0) is 14.2 Å². The molecule has 2 heterocycles. The van der Waals surface area contributed by atoms with Gasteiger partial charge in [0.05, 0.1) is 11.1 Å². The van der Waals surface area contributed by atoms with E-state index in [1.807, 2.05) is 0 Å². The Kier molecular flexibility index (Phi) is 6.48. The summed E-state index contributed by atoms with van der Waals surface area (Å²) < 4.78 is 17.5. The Labute approximate surface area is 187 Å².